The number of rotatable bonds is 52. The first-order valence-electron chi connectivity index (χ1n) is 28.6. The minimum atomic E-state index is -4.65. The van der Waals surface area contributed by atoms with Gasteiger partial charge in [0.1, 0.15) is 19.8 Å². The molecule has 0 N–H and O–H groups in total. The maximum absolute atomic E-state index is 12.7. The minimum absolute atomic E-state index is 0.0450. The quantitative estimate of drug-likeness (QED) is 0.0195. The number of quaternary nitrogens is 1. The molecule has 2 atom stereocenters. The first-order valence-corrected chi connectivity index (χ1v) is 30.1. The fraction of sp³-hybridized carbons (Fsp3) is 0.767. The predicted molar refractivity (Wildman–Crippen MR) is 296 cm³/mol. The summed E-state index contributed by atoms with van der Waals surface area (Å²) in [6.45, 7) is 4.03. The number of hydrogen-bond donors (Lipinski definition) is 0. The van der Waals surface area contributed by atoms with Crippen LogP contribution in [0.5, 0.6) is 0 Å². The van der Waals surface area contributed by atoms with E-state index in [1.165, 1.54) is 161 Å². The van der Waals surface area contributed by atoms with Gasteiger partial charge in [-0.05, 0) is 70.6 Å². The lowest BCUT2D eigenvalue weighted by Crippen LogP contribution is -2.37. The highest BCUT2D eigenvalue weighted by atomic mass is 31.2. The lowest BCUT2D eigenvalue weighted by molar-refractivity contribution is -0.870. The number of esters is 2. The maximum atomic E-state index is 12.7. The molecule has 0 amide bonds. The van der Waals surface area contributed by atoms with Crippen molar-refractivity contribution in [3.63, 3.8) is 0 Å². The largest absolute Gasteiger partial charge is 0.756 e. The molecule has 0 aliphatic rings. The van der Waals surface area contributed by atoms with E-state index in [1.54, 1.807) is 0 Å². The van der Waals surface area contributed by atoms with E-state index in [9.17, 15) is 19.0 Å². The van der Waals surface area contributed by atoms with Gasteiger partial charge in [0, 0.05) is 12.8 Å². The van der Waals surface area contributed by atoms with Crippen LogP contribution in [0, 0.1) is 0 Å². The van der Waals surface area contributed by atoms with Crippen molar-refractivity contribution < 1.29 is 42.1 Å². The van der Waals surface area contributed by atoms with Crippen molar-refractivity contribution in [1.29, 1.82) is 0 Å². The van der Waals surface area contributed by atoms with Gasteiger partial charge in [0.15, 0.2) is 6.10 Å². The molecule has 0 radical (unpaired) electrons. The van der Waals surface area contributed by atoms with Crippen molar-refractivity contribution >= 4 is 19.8 Å². The third-order valence-electron chi connectivity index (χ3n) is 12.2. The van der Waals surface area contributed by atoms with Gasteiger partial charge in [0.25, 0.3) is 7.82 Å². The predicted octanol–water partition coefficient (Wildman–Crippen LogP) is 17.1. The minimum Gasteiger partial charge on any atom is -0.756 e. The lowest BCUT2D eigenvalue weighted by Gasteiger charge is -2.28. The Bertz CT molecular complexity index is 1410. The molecule has 406 valence electrons. The Morgan fingerprint density at radius 2 is 0.843 bits per heavy atom. The van der Waals surface area contributed by atoms with Crippen molar-refractivity contribution in [3.05, 3.63) is 72.9 Å². The zero-order valence-corrected chi connectivity index (χ0v) is 46.8. The summed E-state index contributed by atoms with van der Waals surface area (Å²) >= 11 is 0. The average Bonchev–Trinajstić information content (AvgIpc) is 3.32. The number of unbranched alkanes of at least 4 members (excludes halogenated alkanes) is 26. The van der Waals surface area contributed by atoms with E-state index in [-0.39, 0.29) is 26.1 Å². The van der Waals surface area contributed by atoms with Crippen LogP contribution < -0.4 is 4.89 Å². The molecule has 2 unspecified atom stereocenters. The molecule has 0 saturated carbocycles. The van der Waals surface area contributed by atoms with Crippen molar-refractivity contribution in [2.75, 3.05) is 47.5 Å². The van der Waals surface area contributed by atoms with Crippen molar-refractivity contribution in [2.45, 2.75) is 251 Å². The van der Waals surface area contributed by atoms with Crippen LogP contribution in [0.15, 0.2) is 72.9 Å². The molecule has 10 heteroatoms. The van der Waals surface area contributed by atoms with Gasteiger partial charge < -0.3 is 27.9 Å². The summed E-state index contributed by atoms with van der Waals surface area (Å²) in [7, 11) is 1.12. The molecule has 9 nitrogen and oxygen atoms in total. The number of nitrogens with zero attached hydrogens (tertiary/aromatic N) is 1. The first kappa shape index (κ1) is 67.5. The zero-order chi connectivity index (χ0) is 51.3. The van der Waals surface area contributed by atoms with Gasteiger partial charge in [-0.2, -0.15) is 0 Å². The van der Waals surface area contributed by atoms with E-state index >= 15 is 0 Å². The summed E-state index contributed by atoms with van der Waals surface area (Å²) in [5.41, 5.74) is 0. The van der Waals surface area contributed by atoms with Crippen molar-refractivity contribution in [2.24, 2.45) is 0 Å². The summed E-state index contributed by atoms with van der Waals surface area (Å²) in [5.74, 6) is -0.925. The Balaban J connectivity index is 4.01. The average molecular weight is 1000 g/mol. The van der Waals surface area contributed by atoms with E-state index in [0.717, 1.165) is 51.4 Å². The second-order valence-corrected chi connectivity index (χ2v) is 21.7. The Kier molecular flexibility index (Phi) is 49.5. The number of ether oxygens (including phenoxy) is 2. The standard InChI is InChI=1S/C60H108NO8P/c1-6-8-10-12-14-16-18-20-21-22-23-24-25-26-27-28-29-30-31-32-33-34-35-36-37-38-39-41-42-44-46-48-50-52-59(62)66-56-58(57-68-70(64,65)67-55-54-61(3,4)5)69-60(63)53-51-49-47-45-43-40-19-17-15-13-11-9-7-2/h9,11,15,17-18,20,22-23,40,43,47,49,58H,6-8,10,12-14,16,19,21,24-39,41-42,44-46,48,50-57H2,1-5H3/b11-9-,17-15-,20-18-,23-22-,43-40-,49-47-. The van der Waals surface area contributed by atoms with Crippen molar-refractivity contribution in [3.8, 4) is 0 Å². The van der Waals surface area contributed by atoms with Crippen molar-refractivity contribution in [1.82, 2.24) is 0 Å². The maximum Gasteiger partial charge on any atom is 0.306 e. The number of carbonyl (C=O) groups is 2. The van der Waals surface area contributed by atoms with E-state index in [0.29, 0.717) is 17.4 Å². The van der Waals surface area contributed by atoms with Crippen LogP contribution in [0.1, 0.15) is 245 Å². The monoisotopic (exact) mass is 1000 g/mol. The summed E-state index contributed by atoms with van der Waals surface area (Å²) in [6, 6.07) is 0. The molecule has 0 aromatic carbocycles. The molecular weight excluding hydrogens is 894 g/mol. The molecular formula is C60H108NO8P. The molecule has 0 saturated heterocycles. The highest BCUT2D eigenvalue weighted by Crippen LogP contribution is 2.38. The molecule has 0 aliphatic heterocycles. The molecule has 70 heavy (non-hydrogen) atoms. The van der Waals surface area contributed by atoms with Gasteiger partial charge in [-0.3, -0.25) is 14.2 Å². The third kappa shape index (κ3) is 54.8. The second kappa shape index (κ2) is 51.4. The molecule has 0 aliphatic carbocycles. The molecule has 0 spiro atoms. The highest BCUT2D eigenvalue weighted by Gasteiger charge is 2.21. The number of likely N-dealkylation sites (N-methyl/N-ethyl adjacent to an activating group) is 1. The van der Waals surface area contributed by atoms with Crippen LogP contribution in [0.2, 0.25) is 0 Å². The second-order valence-electron chi connectivity index (χ2n) is 20.3. The number of phosphoric acid groups is 1. The molecule has 0 rings (SSSR count). The summed E-state index contributed by atoms with van der Waals surface area (Å²) < 4.78 is 33.9. The lowest BCUT2D eigenvalue weighted by atomic mass is 10.0. The Morgan fingerprint density at radius 3 is 1.27 bits per heavy atom. The SMILES string of the molecule is CC/C=C\C/C=C\C/C=C\C/C=C\CCC(=O)OC(COC(=O)CCCCCCCCCCCCCCCCCCCCCCC/C=C\C/C=C\CCCCCCC)COP(=O)([O-])OCC[N+](C)(C)C. The van der Waals surface area contributed by atoms with Crippen LogP contribution in [-0.4, -0.2) is 70.0 Å². The Morgan fingerprint density at radius 1 is 0.457 bits per heavy atom. The van der Waals surface area contributed by atoms with Gasteiger partial charge in [-0.15, -0.1) is 0 Å². The van der Waals surface area contributed by atoms with Gasteiger partial charge in [-0.25, -0.2) is 0 Å². The molecule has 0 bridgehead atoms. The van der Waals surface area contributed by atoms with Gasteiger partial charge in [-0.1, -0.05) is 234 Å². The smallest absolute Gasteiger partial charge is 0.306 e. The first-order chi connectivity index (χ1) is 34.0. The third-order valence-corrected chi connectivity index (χ3v) is 13.2. The summed E-state index contributed by atoms with van der Waals surface area (Å²) in [4.78, 5) is 37.7. The fourth-order valence-electron chi connectivity index (χ4n) is 7.82. The van der Waals surface area contributed by atoms with Crippen LogP contribution >= 0.6 is 7.82 Å². The molecule has 0 aromatic rings. The van der Waals surface area contributed by atoms with E-state index in [4.69, 9.17) is 18.5 Å². The zero-order valence-electron chi connectivity index (χ0n) is 46.0. The highest BCUT2D eigenvalue weighted by molar-refractivity contribution is 7.45. The van der Waals surface area contributed by atoms with Crippen LogP contribution in [0.25, 0.3) is 0 Å². The van der Waals surface area contributed by atoms with Gasteiger partial charge >= 0.3 is 11.9 Å². The van der Waals surface area contributed by atoms with Gasteiger partial charge in [0.05, 0.1) is 27.7 Å². The van der Waals surface area contributed by atoms with Crippen LogP contribution in [-0.2, 0) is 32.7 Å². The molecule has 0 aromatic heterocycles. The topological polar surface area (TPSA) is 111 Å². The Labute approximate surface area is 431 Å². The molecule has 0 fully saturated rings. The van der Waals surface area contributed by atoms with E-state index in [1.807, 2.05) is 33.3 Å². The summed E-state index contributed by atoms with van der Waals surface area (Å²) in [6.07, 6.45) is 67.1. The fourth-order valence-corrected chi connectivity index (χ4v) is 8.55. The van der Waals surface area contributed by atoms with Crippen LogP contribution in [0.4, 0.5) is 0 Å². The number of phosphoric ester groups is 1. The molecule has 0 heterocycles. The normalized spacial score (nSPS) is 13.9. The number of allylic oxidation sites excluding steroid dienone is 12. The Hall–Kier alpha value is -2.55. The number of carbonyl (C=O) groups excluding carboxylic acids is 2. The number of hydrogen-bond acceptors (Lipinski definition) is 8. The van der Waals surface area contributed by atoms with Crippen LogP contribution in [0.3, 0.4) is 0 Å². The van der Waals surface area contributed by atoms with E-state index in [2.05, 4.69) is 74.6 Å². The van der Waals surface area contributed by atoms with E-state index < -0.39 is 32.5 Å². The summed E-state index contributed by atoms with van der Waals surface area (Å²) in [5, 5.41) is 0. The van der Waals surface area contributed by atoms with Gasteiger partial charge in [0.2, 0.25) is 0 Å².